The van der Waals surface area contributed by atoms with Crippen molar-refractivity contribution < 1.29 is 76.1 Å². The van der Waals surface area contributed by atoms with E-state index in [9.17, 15) is 58.2 Å². The van der Waals surface area contributed by atoms with Gasteiger partial charge in [0.2, 0.25) is 23.6 Å². The summed E-state index contributed by atoms with van der Waals surface area (Å²) in [5.41, 5.74) is 0.510. The SMILES string of the molecule is C=C(NC(=O)C(=C)NC(=O)C(=C)NC(=O)c1ccc2c(n1)-c1coc(n1)C(=C)NC(=O)C(=C)NC(=O)c1nc(oc1C)/C(=C/C)NC(=O)c1csc(n1)[C@@H](OC)NC(=O)c1nc(oc1C)/C(=C\[C@@H](C)O)NC(=O)[C@@H]([C@@H](C)O)NC(=O)c1csc-2n1)C(N)=O. The van der Waals surface area contributed by atoms with E-state index < -0.39 is 112 Å². The van der Waals surface area contributed by atoms with Crippen LogP contribution >= 0.6 is 22.7 Å². The summed E-state index contributed by atoms with van der Waals surface area (Å²) in [6, 6.07) is 0.772. The summed E-state index contributed by atoms with van der Waals surface area (Å²) < 4.78 is 22.7. The summed E-state index contributed by atoms with van der Waals surface area (Å²) in [5, 5.41) is 45.2. The Morgan fingerprint density at radius 1 is 0.682 bits per heavy atom. The number of pyridine rings is 1. The number of methoxy groups -OCH3 is 1. The number of hydrogen-bond donors (Lipinski definition) is 12. The number of amides is 10. The maximum atomic E-state index is 14.0. The van der Waals surface area contributed by atoms with Gasteiger partial charge in [-0.25, -0.2) is 29.9 Å². The molecule has 0 unspecified atom stereocenters. The van der Waals surface area contributed by atoms with E-state index in [1.54, 1.807) is 6.92 Å². The van der Waals surface area contributed by atoms with Crippen molar-refractivity contribution in [3.63, 3.8) is 0 Å². The molecule has 1 aliphatic rings. The number of nitrogens with zero attached hydrogens (tertiary/aromatic N) is 6. The van der Waals surface area contributed by atoms with E-state index >= 15 is 0 Å². The summed E-state index contributed by atoms with van der Waals surface area (Å²) >= 11 is 1.80. The molecule has 4 atom stereocenters. The molecule has 7 heterocycles. The highest BCUT2D eigenvalue weighted by Gasteiger charge is 2.32. The van der Waals surface area contributed by atoms with Gasteiger partial charge in [0.1, 0.15) is 73.7 Å². The second-order valence-electron chi connectivity index (χ2n) is 18.4. The summed E-state index contributed by atoms with van der Waals surface area (Å²) in [5.74, 6) is -11.1. The predicted octanol–water partition coefficient (Wildman–Crippen LogP) is 1.13. The van der Waals surface area contributed by atoms with Crippen molar-refractivity contribution in [2.45, 2.75) is 59.1 Å². The number of primary amides is 1. The molecule has 0 spiro atoms. The summed E-state index contributed by atoms with van der Waals surface area (Å²) in [7, 11) is 1.25. The van der Waals surface area contributed by atoms with Crippen LogP contribution in [0.15, 0.2) is 110 Å². The fourth-order valence-corrected chi connectivity index (χ4v) is 8.98. The lowest BCUT2D eigenvalue weighted by Crippen LogP contribution is -2.52. The average Bonchev–Trinajstić information content (AvgIpc) is 2.95. The number of nitrogens with two attached hydrogens (primary N) is 1. The number of rotatable bonds is 10. The standard InChI is InChI=1S/C54H52N16O16S2/c1-12-29-50-68-36(26(9)85-50)47(81)59-23(6)42(76)60-24(7)49-64-32(16-84-49)38-28(13-14-30(61-38)43(77)58-22(5)41(75)57-21(4)40(74)56-20(3)39(55)73)53-65-34(17-87-53)45(79)67-35(25(8)72)46(80)63-31(15-19(2)71)51-69-37(27(10)86-51)48(82)70-52(83-11)54-66-33(18-88-54)44(78)62-29/h12-19,25,35,52,71-72H,3-7H2,1-2,8-11H3,(H2,55,73)(H,56,74)(H,57,75)(H,58,77)(H,59,81)(H,60,76)(H,62,78)(H,63,80)(H,67,79)(H,70,82)/b29-12-,31-15+/t19-,25-,35-,52-/m1/s1. The fourth-order valence-electron chi connectivity index (χ4n) is 7.34. The van der Waals surface area contributed by atoms with Crippen LogP contribution in [0.2, 0.25) is 0 Å². The first kappa shape index (κ1) is 64.4. The zero-order valence-electron chi connectivity index (χ0n) is 47.1. The van der Waals surface area contributed by atoms with Gasteiger partial charge in [0.05, 0.1) is 40.7 Å². The van der Waals surface area contributed by atoms with Gasteiger partial charge in [-0.3, -0.25) is 47.9 Å². The molecule has 13 N–H and O–H groups in total. The Bertz CT molecular complexity index is 4030. The van der Waals surface area contributed by atoms with Crippen LogP contribution in [0.5, 0.6) is 0 Å². The van der Waals surface area contributed by atoms with Crippen LogP contribution in [0.1, 0.15) is 114 Å². The monoisotopic (exact) mass is 1240 g/mol. The number of ether oxygens (including phenoxy) is 1. The van der Waals surface area contributed by atoms with Gasteiger partial charge in [0.15, 0.2) is 17.6 Å². The molecule has 10 bridgehead atoms. The molecule has 0 fully saturated rings. The molecular formula is C54H52N16O16S2. The number of carbonyl (C=O) groups excluding carboxylic acids is 10. The summed E-state index contributed by atoms with van der Waals surface area (Å²) in [6.07, 6.45) is -0.570. The van der Waals surface area contributed by atoms with Gasteiger partial charge in [-0.1, -0.05) is 39.0 Å². The first-order chi connectivity index (χ1) is 41.6. The number of allylic oxidation sites excluding steroid dienone is 1. The van der Waals surface area contributed by atoms with E-state index in [1.807, 2.05) is 5.32 Å². The predicted molar refractivity (Wildman–Crippen MR) is 309 cm³/mol. The van der Waals surface area contributed by atoms with Crippen molar-refractivity contribution in [3.8, 4) is 22.0 Å². The van der Waals surface area contributed by atoms with Crippen molar-refractivity contribution >= 4 is 98.8 Å². The molecule has 0 aliphatic carbocycles. The second-order valence-corrected chi connectivity index (χ2v) is 20.1. The molecule has 0 saturated carbocycles. The van der Waals surface area contributed by atoms with Gasteiger partial charge in [0, 0.05) is 23.4 Å². The number of hydrogen-bond acceptors (Lipinski definition) is 24. The van der Waals surface area contributed by atoms with Crippen molar-refractivity contribution in [1.29, 1.82) is 0 Å². The Labute approximate surface area is 504 Å². The van der Waals surface area contributed by atoms with E-state index in [2.05, 4.69) is 105 Å². The summed E-state index contributed by atoms with van der Waals surface area (Å²) in [4.78, 5) is 159. The molecular weight excluding hydrogens is 1190 g/mol. The molecule has 32 nitrogen and oxygen atoms in total. The van der Waals surface area contributed by atoms with Crippen molar-refractivity contribution in [2.75, 3.05) is 7.11 Å². The van der Waals surface area contributed by atoms with E-state index in [0.29, 0.717) is 0 Å². The molecule has 10 amide bonds. The third-order valence-corrected chi connectivity index (χ3v) is 13.5. The smallest absolute Gasteiger partial charge is 0.278 e. The maximum absolute atomic E-state index is 14.0. The van der Waals surface area contributed by atoms with Gasteiger partial charge in [-0.2, -0.15) is 0 Å². The number of nitrogens with one attached hydrogen (secondary N) is 9. The molecule has 34 heteroatoms. The van der Waals surface area contributed by atoms with Gasteiger partial charge < -0.3 is 81.8 Å². The maximum Gasteiger partial charge on any atom is 0.278 e. The molecule has 0 radical (unpaired) electrons. The van der Waals surface area contributed by atoms with E-state index in [1.165, 1.54) is 63.8 Å². The van der Waals surface area contributed by atoms with Gasteiger partial charge in [0.25, 0.3) is 53.2 Å². The number of aliphatic hydroxyl groups excluding tert-OH is 2. The number of aryl methyl sites for hydroxylation is 2. The Morgan fingerprint density at radius 2 is 1.28 bits per heavy atom. The van der Waals surface area contributed by atoms with Gasteiger partial charge in [-0.15, -0.1) is 22.7 Å². The molecule has 1 aliphatic heterocycles. The number of aromatic nitrogens is 6. The fraction of sp³-hybridized carbons (Fsp3) is 0.185. The number of thiazole rings is 2. The lowest BCUT2D eigenvalue weighted by Gasteiger charge is -2.21. The Morgan fingerprint density at radius 3 is 1.91 bits per heavy atom. The van der Waals surface area contributed by atoms with Crippen LogP contribution in [-0.4, -0.2) is 125 Å². The number of carbonyl (C=O) groups is 10. The van der Waals surface area contributed by atoms with Crippen LogP contribution in [0.25, 0.3) is 39.1 Å². The molecule has 6 aromatic rings. The normalized spacial score (nSPS) is 17.0. The van der Waals surface area contributed by atoms with Crippen molar-refractivity contribution in [3.05, 3.63) is 160 Å². The van der Waals surface area contributed by atoms with Crippen LogP contribution in [0.3, 0.4) is 0 Å². The van der Waals surface area contributed by atoms with Crippen molar-refractivity contribution in [1.82, 2.24) is 77.8 Å². The van der Waals surface area contributed by atoms with E-state index in [4.69, 9.17) is 23.7 Å². The highest BCUT2D eigenvalue weighted by Crippen LogP contribution is 2.34. The highest BCUT2D eigenvalue weighted by molar-refractivity contribution is 7.13. The minimum atomic E-state index is -1.74. The third kappa shape index (κ3) is 15.0. The van der Waals surface area contributed by atoms with Crippen LogP contribution in [0.4, 0.5) is 0 Å². The quantitative estimate of drug-likeness (QED) is 0.0855. The van der Waals surface area contributed by atoms with Crippen LogP contribution < -0.4 is 53.6 Å². The zero-order valence-corrected chi connectivity index (χ0v) is 48.7. The van der Waals surface area contributed by atoms with Gasteiger partial charge >= 0.3 is 0 Å². The largest absolute Gasteiger partial charge is 0.443 e. The lowest BCUT2D eigenvalue weighted by molar-refractivity contribution is -0.124. The molecule has 6 aromatic heterocycles. The van der Waals surface area contributed by atoms with E-state index in [-0.39, 0.29) is 96.0 Å². The second kappa shape index (κ2) is 27.2. The number of aliphatic hydroxyl groups is 2. The van der Waals surface area contributed by atoms with Crippen LogP contribution in [0, 0.1) is 13.8 Å². The Kier molecular flexibility index (Phi) is 19.9. The van der Waals surface area contributed by atoms with Gasteiger partial charge in [-0.05, 0) is 52.8 Å². The minimum Gasteiger partial charge on any atom is -0.443 e. The molecule has 7 rings (SSSR count). The molecule has 0 aromatic carbocycles. The zero-order chi connectivity index (χ0) is 64.6. The third-order valence-electron chi connectivity index (χ3n) is 11.8. The Hall–Kier alpha value is -11.2. The van der Waals surface area contributed by atoms with Crippen LogP contribution in [-0.2, 0) is 28.7 Å². The first-order valence-electron chi connectivity index (χ1n) is 25.2. The average molecular weight is 1250 g/mol. The molecule has 456 valence electrons. The molecule has 0 saturated heterocycles. The first-order valence-corrected chi connectivity index (χ1v) is 27.0. The summed E-state index contributed by atoms with van der Waals surface area (Å²) in [6.45, 7) is 24.5. The number of oxazole rings is 3. The topological polar surface area (TPSA) is 471 Å². The Balaban J connectivity index is 1.23. The number of fused-ring (bicyclic) bond motifs is 13. The van der Waals surface area contributed by atoms with E-state index in [0.717, 1.165) is 35.0 Å². The lowest BCUT2D eigenvalue weighted by atomic mass is 10.1. The minimum absolute atomic E-state index is 0.00328. The van der Waals surface area contributed by atoms with Crippen molar-refractivity contribution in [2.24, 2.45) is 5.73 Å². The highest BCUT2D eigenvalue weighted by atomic mass is 32.1. The molecule has 88 heavy (non-hydrogen) atoms.